The van der Waals surface area contributed by atoms with Gasteiger partial charge in [-0.2, -0.15) is 0 Å². The van der Waals surface area contributed by atoms with E-state index in [1.807, 2.05) is 0 Å². The molecule has 2 aromatic carbocycles. The van der Waals surface area contributed by atoms with E-state index in [0.29, 0.717) is 22.0 Å². The second kappa shape index (κ2) is 6.44. The molecule has 0 aliphatic heterocycles. The van der Waals surface area contributed by atoms with Crippen molar-refractivity contribution in [2.75, 3.05) is 12.4 Å². The van der Waals surface area contributed by atoms with E-state index in [0.717, 1.165) is 0 Å². The van der Waals surface area contributed by atoms with Crippen molar-refractivity contribution in [3.63, 3.8) is 0 Å². The van der Waals surface area contributed by atoms with Gasteiger partial charge in [0.1, 0.15) is 5.75 Å². The summed E-state index contributed by atoms with van der Waals surface area (Å²) in [5, 5.41) is 13.9. The standard InChI is InChI=1S/C15H13ClN2O4/c1-9-11(4-3-5-13(9)18(20)21)15(19)17-10-6-7-14(22-2)12(16)8-10/h3-8H,1-2H3,(H,17,19). The van der Waals surface area contributed by atoms with Crippen LogP contribution in [0.25, 0.3) is 0 Å². The van der Waals surface area contributed by atoms with E-state index in [2.05, 4.69) is 5.32 Å². The highest BCUT2D eigenvalue weighted by atomic mass is 35.5. The highest BCUT2D eigenvalue weighted by Gasteiger charge is 2.18. The number of anilines is 1. The van der Waals surface area contributed by atoms with Crippen LogP contribution < -0.4 is 10.1 Å². The van der Waals surface area contributed by atoms with Crippen LogP contribution in [0.2, 0.25) is 5.02 Å². The SMILES string of the molecule is COc1ccc(NC(=O)c2cccc([N+](=O)[O-])c2C)cc1Cl. The molecule has 0 saturated carbocycles. The number of hydrogen-bond donors (Lipinski definition) is 1. The minimum absolute atomic E-state index is 0.0968. The van der Waals surface area contributed by atoms with Crippen LogP contribution in [0, 0.1) is 17.0 Å². The lowest BCUT2D eigenvalue weighted by Gasteiger charge is -2.09. The minimum Gasteiger partial charge on any atom is -0.495 e. The van der Waals surface area contributed by atoms with Gasteiger partial charge in [-0.25, -0.2) is 0 Å². The molecule has 114 valence electrons. The van der Waals surface area contributed by atoms with Gasteiger partial charge >= 0.3 is 0 Å². The number of nitrogens with zero attached hydrogens (tertiary/aromatic N) is 1. The van der Waals surface area contributed by atoms with Crippen molar-refractivity contribution in [2.24, 2.45) is 0 Å². The molecule has 2 aromatic rings. The number of carbonyl (C=O) groups is 1. The average molecular weight is 321 g/mol. The Labute approximate surface area is 131 Å². The van der Waals surface area contributed by atoms with Gasteiger partial charge in [0.15, 0.2) is 0 Å². The van der Waals surface area contributed by atoms with E-state index in [9.17, 15) is 14.9 Å². The maximum Gasteiger partial charge on any atom is 0.273 e. The second-order valence-corrected chi connectivity index (χ2v) is 4.92. The number of benzene rings is 2. The van der Waals surface area contributed by atoms with Crippen molar-refractivity contribution in [1.82, 2.24) is 0 Å². The van der Waals surface area contributed by atoms with Crippen LogP contribution >= 0.6 is 11.6 Å². The Morgan fingerprint density at radius 1 is 1.32 bits per heavy atom. The number of rotatable bonds is 4. The Balaban J connectivity index is 2.28. The average Bonchev–Trinajstić information content (AvgIpc) is 2.47. The second-order valence-electron chi connectivity index (χ2n) is 4.51. The van der Waals surface area contributed by atoms with E-state index in [1.165, 1.54) is 32.2 Å². The van der Waals surface area contributed by atoms with Crippen molar-refractivity contribution in [2.45, 2.75) is 6.92 Å². The number of methoxy groups -OCH3 is 1. The smallest absolute Gasteiger partial charge is 0.273 e. The van der Waals surface area contributed by atoms with Gasteiger partial charge in [-0.15, -0.1) is 0 Å². The number of nitro groups is 1. The third-order valence-corrected chi connectivity index (χ3v) is 3.45. The summed E-state index contributed by atoms with van der Waals surface area (Å²) >= 11 is 5.99. The summed E-state index contributed by atoms with van der Waals surface area (Å²) in [5.41, 5.74) is 0.924. The zero-order valence-corrected chi connectivity index (χ0v) is 12.7. The molecule has 0 radical (unpaired) electrons. The van der Waals surface area contributed by atoms with E-state index < -0.39 is 10.8 Å². The Morgan fingerprint density at radius 3 is 2.64 bits per heavy atom. The zero-order valence-electron chi connectivity index (χ0n) is 11.9. The molecule has 0 bridgehead atoms. The first kappa shape index (κ1) is 15.8. The van der Waals surface area contributed by atoms with Crippen LogP contribution in [0.15, 0.2) is 36.4 Å². The number of hydrogen-bond acceptors (Lipinski definition) is 4. The monoisotopic (exact) mass is 320 g/mol. The summed E-state index contributed by atoms with van der Waals surface area (Å²) in [6.45, 7) is 1.54. The van der Waals surface area contributed by atoms with Gasteiger partial charge in [0.25, 0.3) is 11.6 Å². The molecule has 0 unspecified atom stereocenters. The molecule has 0 saturated heterocycles. The Bertz CT molecular complexity index is 746. The molecule has 0 heterocycles. The van der Waals surface area contributed by atoms with Crippen molar-refractivity contribution < 1.29 is 14.5 Å². The van der Waals surface area contributed by atoms with E-state index in [1.54, 1.807) is 18.2 Å². The van der Waals surface area contributed by atoms with Gasteiger partial charge in [0, 0.05) is 22.9 Å². The summed E-state index contributed by atoms with van der Waals surface area (Å²) in [4.78, 5) is 22.7. The molecule has 1 N–H and O–H groups in total. The molecule has 22 heavy (non-hydrogen) atoms. The number of ether oxygens (including phenoxy) is 1. The minimum atomic E-state index is -0.517. The zero-order chi connectivity index (χ0) is 16.3. The summed E-state index contributed by atoms with van der Waals surface area (Å²) in [5.74, 6) is 0.0497. The van der Waals surface area contributed by atoms with Crippen molar-refractivity contribution in [3.05, 3.63) is 62.7 Å². The van der Waals surface area contributed by atoms with E-state index in [-0.39, 0.29) is 11.3 Å². The highest BCUT2D eigenvalue weighted by molar-refractivity contribution is 6.32. The van der Waals surface area contributed by atoms with Crippen LogP contribution in [-0.4, -0.2) is 17.9 Å². The topological polar surface area (TPSA) is 81.5 Å². The summed E-state index contributed by atoms with van der Waals surface area (Å²) in [7, 11) is 1.49. The molecular formula is C15H13ClN2O4. The molecule has 6 nitrogen and oxygen atoms in total. The normalized spacial score (nSPS) is 10.1. The van der Waals surface area contributed by atoms with Gasteiger partial charge in [0.2, 0.25) is 0 Å². The molecule has 0 fully saturated rings. The molecule has 2 rings (SSSR count). The van der Waals surface area contributed by atoms with Crippen LogP contribution in [0.1, 0.15) is 15.9 Å². The fraction of sp³-hybridized carbons (Fsp3) is 0.133. The fourth-order valence-electron chi connectivity index (χ4n) is 2.01. The number of halogens is 1. The van der Waals surface area contributed by atoms with Crippen LogP contribution in [0.5, 0.6) is 5.75 Å². The molecular weight excluding hydrogens is 308 g/mol. The summed E-state index contributed by atoms with van der Waals surface area (Å²) in [6.07, 6.45) is 0. The van der Waals surface area contributed by atoms with Gasteiger partial charge in [-0.05, 0) is 31.2 Å². The number of nitrogens with one attached hydrogen (secondary N) is 1. The lowest BCUT2D eigenvalue weighted by molar-refractivity contribution is -0.385. The molecule has 0 aromatic heterocycles. The molecule has 1 amide bonds. The summed E-state index contributed by atoms with van der Waals surface area (Å²) < 4.78 is 5.03. The van der Waals surface area contributed by atoms with Crippen LogP contribution in [0.3, 0.4) is 0 Å². The highest BCUT2D eigenvalue weighted by Crippen LogP contribution is 2.28. The lowest BCUT2D eigenvalue weighted by atomic mass is 10.1. The third kappa shape index (κ3) is 3.17. The molecule has 0 aliphatic rings. The maximum absolute atomic E-state index is 12.3. The Hall–Kier alpha value is -2.60. The third-order valence-electron chi connectivity index (χ3n) is 3.16. The van der Waals surface area contributed by atoms with Crippen molar-refractivity contribution in [3.8, 4) is 5.75 Å². The largest absolute Gasteiger partial charge is 0.495 e. The van der Waals surface area contributed by atoms with Crippen molar-refractivity contribution >= 4 is 28.9 Å². The van der Waals surface area contributed by atoms with Gasteiger partial charge in [-0.1, -0.05) is 17.7 Å². The first-order chi connectivity index (χ1) is 10.4. The molecule has 0 atom stereocenters. The van der Waals surface area contributed by atoms with Crippen LogP contribution in [-0.2, 0) is 0 Å². The Morgan fingerprint density at radius 2 is 2.05 bits per heavy atom. The van der Waals surface area contributed by atoms with Gasteiger partial charge < -0.3 is 10.1 Å². The predicted octanol–water partition coefficient (Wildman–Crippen LogP) is 3.82. The Kier molecular flexibility index (Phi) is 4.62. The van der Waals surface area contributed by atoms with E-state index >= 15 is 0 Å². The first-order valence-corrected chi connectivity index (χ1v) is 6.70. The molecule has 7 heteroatoms. The number of carbonyl (C=O) groups excluding carboxylic acids is 1. The number of nitro benzene ring substituents is 1. The van der Waals surface area contributed by atoms with Crippen LogP contribution in [0.4, 0.5) is 11.4 Å². The van der Waals surface area contributed by atoms with Gasteiger partial charge in [0.05, 0.1) is 17.1 Å². The first-order valence-electron chi connectivity index (χ1n) is 6.33. The maximum atomic E-state index is 12.3. The molecule has 0 aliphatic carbocycles. The lowest BCUT2D eigenvalue weighted by Crippen LogP contribution is -2.14. The quantitative estimate of drug-likeness (QED) is 0.686. The fourth-order valence-corrected chi connectivity index (χ4v) is 2.27. The molecule has 0 spiro atoms. The number of amides is 1. The summed E-state index contributed by atoms with van der Waals surface area (Å²) in [6, 6.07) is 9.17. The van der Waals surface area contributed by atoms with E-state index in [4.69, 9.17) is 16.3 Å². The van der Waals surface area contributed by atoms with Gasteiger partial charge in [-0.3, -0.25) is 14.9 Å². The predicted molar refractivity (Wildman–Crippen MR) is 83.8 cm³/mol. The van der Waals surface area contributed by atoms with Crippen molar-refractivity contribution in [1.29, 1.82) is 0 Å².